The predicted molar refractivity (Wildman–Crippen MR) is 124 cm³/mol. The van der Waals surface area contributed by atoms with Crippen molar-refractivity contribution in [3.8, 4) is 0 Å². The third-order valence-electron chi connectivity index (χ3n) is 6.97. The fraction of sp³-hybridized carbons (Fsp3) is 0.385. The van der Waals surface area contributed by atoms with Crippen molar-refractivity contribution in [3.05, 3.63) is 71.8 Å². The monoisotopic (exact) mass is 372 g/mol. The molecule has 3 atom stereocenters. The van der Waals surface area contributed by atoms with Crippen LogP contribution in [0.5, 0.6) is 0 Å². The summed E-state index contributed by atoms with van der Waals surface area (Å²) in [7, 11) is 0. The lowest BCUT2D eigenvalue weighted by atomic mass is 9.75. The molecule has 2 aromatic carbocycles. The van der Waals surface area contributed by atoms with E-state index in [0.717, 1.165) is 6.42 Å². The molecule has 0 aliphatic heterocycles. The molecule has 0 amide bonds. The van der Waals surface area contributed by atoms with Crippen LogP contribution in [0.4, 0.5) is 0 Å². The molecule has 1 aliphatic rings. The first-order chi connectivity index (χ1) is 13.4. The van der Waals surface area contributed by atoms with E-state index in [9.17, 15) is 0 Å². The Labute approximate surface area is 169 Å². The lowest BCUT2D eigenvalue weighted by molar-refractivity contribution is 0.581. The Hall–Kier alpha value is -2.48. The fourth-order valence-electron chi connectivity index (χ4n) is 4.70. The van der Waals surface area contributed by atoms with E-state index in [-0.39, 0.29) is 16.9 Å². The summed E-state index contributed by atoms with van der Waals surface area (Å²) in [6.07, 6.45) is 6.93. The Morgan fingerprint density at radius 1 is 1.25 bits per heavy atom. The van der Waals surface area contributed by atoms with E-state index in [1.807, 2.05) is 0 Å². The Morgan fingerprint density at radius 2 is 1.96 bits per heavy atom. The molecule has 0 aromatic heterocycles. The van der Waals surface area contributed by atoms with E-state index in [0.29, 0.717) is 5.92 Å². The van der Waals surface area contributed by atoms with Crippen molar-refractivity contribution >= 4 is 23.8 Å². The number of aliphatic imine (C=N–C) groups is 2. The van der Waals surface area contributed by atoms with Gasteiger partial charge in [0.05, 0.1) is 6.04 Å². The number of allylic oxidation sites excluding steroid dienone is 2. The van der Waals surface area contributed by atoms with Gasteiger partial charge in [0.2, 0.25) is 0 Å². The topological polar surface area (TPSA) is 24.7 Å². The molecule has 0 saturated heterocycles. The summed E-state index contributed by atoms with van der Waals surface area (Å²) in [6.45, 7) is 18.9. The van der Waals surface area contributed by atoms with Gasteiger partial charge in [-0.3, -0.25) is 9.98 Å². The Kier molecular flexibility index (Phi) is 5.43. The maximum Gasteiger partial charge on any atom is 0.109 e. The lowest BCUT2D eigenvalue weighted by Crippen LogP contribution is -2.19. The van der Waals surface area contributed by atoms with Gasteiger partial charge in [-0.05, 0) is 48.9 Å². The summed E-state index contributed by atoms with van der Waals surface area (Å²) in [5.41, 5.74) is 4.06. The molecule has 2 aromatic rings. The molecule has 3 rings (SSSR count). The van der Waals surface area contributed by atoms with Gasteiger partial charge < -0.3 is 0 Å². The second-order valence-corrected chi connectivity index (χ2v) is 8.43. The van der Waals surface area contributed by atoms with Crippen LogP contribution in [0.15, 0.2) is 70.7 Å². The predicted octanol–water partition coefficient (Wildman–Crippen LogP) is 6.86. The van der Waals surface area contributed by atoms with Gasteiger partial charge in [-0.2, -0.15) is 0 Å². The molecule has 0 N–H and O–H groups in total. The van der Waals surface area contributed by atoms with E-state index in [1.54, 1.807) is 6.34 Å². The molecule has 0 bridgehead atoms. The fourth-order valence-corrected chi connectivity index (χ4v) is 4.70. The molecule has 0 spiro atoms. The van der Waals surface area contributed by atoms with Crippen LogP contribution in [0.25, 0.3) is 10.8 Å². The quantitative estimate of drug-likeness (QED) is 0.288. The molecular weight excluding hydrogens is 340 g/mol. The van der Waals surface area contributed by atoms with Crippen molar-refractivity contribution in [1.82, 2.24) is 0 Å². The highest BCUT2D eigenvalue weighted by molar-refractivity contribution is 5.88. The van der Waals surface area contributed by atoms with Crippen LogP contribution in [0.1, 0.15) is 58.1 Å². The van der Waals surface area contributed by atoms with Crippen molar-refractivity contribution in [1.29, 1.82) is 0 Å². The van der Waals surface area contributed by atoms with E-state index in [1.165, 1.54) is 27.5 Å². The number of fused-ring (bicyclic) bond motifs is 1. The minimum absolute atomic E-state index is 0.000695. The van der Waals surface area contributed by atoms with E-state index in [4.69, 9.17) is 4.99 Å². The molecule has 3 unspecified atom stereocenters. The maximum atomic E-state index is 4.69. The number of hydrogen-bond donors (Lipinski definition) is 0. The minimum Gasteiger partial charge on any atom is -0.269 e. The molecule has 1 fully saturated rings. The second-order valence-electron chi connectivity index (χ2n) is 8.43. The first-order valence-electron chi connectivity index (χ1n) is 10.1. The second kappa shape index (κ2) is 7.50. The van der Waals surface area contributed by atoms with Crippen LogP contribution >= 0.6 is 0 Å². The molecule has 0 heterocycles. The minimum atomic E-state index is -0.0380. The molecule has 1 aliphatic carbocycles. The van der Waals surface area contributed by atoms with Crippen LogP contribution in [-0.2, 0) is 5.41 Å². The maximum absolute atomic E-state index is 4.69. The third kappa shape index (κ3) is 3.05. The van der Waals surface area contributed by atoms with Crippen molar-refractivity contribution < 1.29 is 0 Å². The molecule has 1 saturated carbocycles. The van der Waals surface area contributed by atoms with Gasteiger partial charge in [0.1, 0.15) is 6.34 Å². The van der Waals surface area contributed by atoms with Crippen LogP contribution in [0, 0.1) is 5.41 Å². The largest absolute Gasteiger partial charge is 0.269 e. The highest BCUT2D eigenvalue weighted by Crippen LogP contribution is 2.64. The smallest absolute Gasteiger partial charge is 0.109 e. The Morgan fingerprint density at radius 3 is 2.57 bits per heavy atom. The number of benzene rings is 2. The first-order valence-corrected chi connectivity index (χ1v) is 10.1. The lowest BCUT2D eigenvalue weighted by Gasteiger charge is -2.29. The first kappa shape index (κ1) is 20.3. The molecule has 2 heteroatoms. The molecule has 0 radical (unpaired) electrons. The summed E-state index contributed by atoms with van der Waals surface area (Å²) in [4.78, 5) is 8.53. The molecule has 28 heavy (non-hydrogen) atoms. The SMILES string of the molecule is C=CC1(CC)C(/N=C/N=C)C1c1cc(C(C)(C)/C(C)=C/C)c2ccccc2c1. The van der Waals surface area contributed by atoms with E-state index >= 15 is 0 Å². The van der Waals surface area contributed by atoms with Crippen molar-refractivity contribution in [3.63, 3.8) is 0 Å². The van der Waals surface area contributed by atoms with Crippen molar-refractivity contribution in [2.24, 2.45) is 15.4 Å². The number of nitrogens with zero attached hydrogens (tertiary/aromatic N) is 2. The van der Waals surface area contributed by atoms with Gasteiger partial charge in [0.25, 0.3) is 0 Å². The Bertz CT molecular complexity index is 964. The number of rotatable bonds is 7. The van der Waals surface area contributed by atoms with Crippen LogP contribution in [0.2, 0.25) is 0 Å². The summed E-state index contributed by atoms with van der Waals surface area (Å²) < 4.78 is 0. The zero-order valence-corrected chi connectivity index (χ0v) is 17.9. The standard InChI is InChI=1S/C26H32N2/c1-8-18(4)25(5,6)22-16-20(15-19-13-11-12-14-21(19)22)23-24(28-17-27-7)26(23,9-2)10-3/h8-9,11-17,23-24H,2,7,10H2,1,3-6H3/b18-8+,28-17+. The van der Waals surface area contributed by atoms with Crippen LogP contribution in [-0.4, -0.2) is 19.1 Å². The van der Waals surface area contributed by atoms with Crippen molar-refractivity contribution in [2.75, 3.05) is 0 Å². The van der Waals surface area contributed by atoms with Gasteiger partial charge in [-0.1, -0.05) is 74.9 Å². The van der Waals surface area contributed by atoms with Crippen LogP contribution < -0.4 is 0 Å². The highest BCUT2D eigenvalue weighted by Gasteiger charge is 2.62. The van der Waals surface area contributed by atoms with Gasteiger partial charge in [-0.15, -0.1) is 6.58 Å². The molecule has 146 valence electrons. The number of hydrogen-bond acceptors (Lipinski definition) is 1. The average Bonchev–Trinajstić information content (AvgIpc) is 3.38. The third-order valence-corrected chi connectivity index (χ3v) is 6.97. The summed E-state index contributed by atoms with van der Waals surface area (Å²) >= 11 is 0. The highest BCUT2D eigenvalue weighted by atomic mass is 15.0. The zero-order valence-electron chi connectivity index (χ0n) is 17.9. The van der Waals surface area contributed by atoms with Gasteiger partial charge in [0.15, 0.2) is 0 Å². The summed E-state index contributed by atoms with van der Waals surface area (Å²) in [6, 6.07) is 13.6. The summed E-state index contributed by atoms with van der Waals surface area (Å²) in [5, 5.41) is 2.61. The molecular formula is C26H32N2. The van der Waals surface area contributed by atoms with Gasteiger partial charge in [0, 0.05) is 16.7 Å². The normalized spacial score (nSPS) is 25.2. The molecule has 2 nitrogen and oxygen atoms in total. The van der Waals surface area contributed by atoms with Crippen molar-refractivity contribution in [2.45, 2.75) is 58.4 Å². The van der Waals surface area contributed by atoms with Gasteiger partial charge in [-0.25, -0.2) is 0 Å². The van der Waals surface area contributed by atoms with E-state index < -0.39 is 0 Å². The van der Waals surface area contributed by atoms with Gasteiger partial charge >= 0.3 is 0 Å². The Balaban J connectivity index is 2.22. The summed E-state index contributed by atoms with van der Waals surface area (Å²) in [5.74, 6) is 0.332. The zero-order chi connectivity index (χ0) is 20.5. The average molecular weight is 373 g/mol. The van der Waals surface area contributed by atoms with Crippen LogP contribution in [0.3, 0.4) is 0 Å². The van der Waals surface area contributed by atoms with E-state index in [2.05, 4.69) is 101 Å².